The topological polar surface area (TPSA) is 23.8 Å². The van der Waals surface area contributed by atoms with E-state index >= 15 is 0 Å². The lowest BCUT2D eigenvalue weighted by Gasteiger charge is -2.06. The molecule has 0 bridgehead atoms. The van der Waals surface area contributed by atoms with Crippen LogP contribution in [-0.2, 0) is 5.41 Å². The first-order valence-corrected chi connectivity index (χ1v) is 4.74. The van der Waals surface area contributed by atoms with Crippen LogP contribution in [0.1, 0.15) is 18.9 Å². The second-order valence-electron chi connectivity index (χ2n) is 3.70. The Balaban J connectivity index is 2.38. The van der Waals surface area contributed by atoms with E-state index in [1.807, 2.05) is 24.3 Å². The molecule has 1 nitrogen and oxygen atoms in total. The Morgan fingerprint density at radius 1 is 1.46 bits per heavy atom. The molecule has 2 atom stereocenters. The molecule has 1 fully saturated rings. The lowest BCUT2D eigenvalue weighted by atomic mass is 9.95. The van der Waals surface area contributed by atoms with Gasteiger partial charge < -0.3 is 0 Å². The molecule has 0 N–H and O–H groups in total. The summed E-state index contributed by atoms with van der Waals surface area (Å²) in [5.74, 6) is 0.485. The standard InChI is InChI=1S/C11H10ClN/c1-8-6-11(8,7-13)9-2-4-10(12)5-3-9/h2-5,8H,6H2,1H3. The Bertz CT molecular complexity index is 363. The summed E-state index contributed by atoms with van der Waals surface area (Å²) >= 11 is 5.78. The molecule has 1 aromatic carbocycles. The minimum absolute atomic E-state index is 0.218. The molecule has 1 aliphatic rings. The van der Waals surface area contributed by atoms with Crippen LogP contribution < -0.4 is 0 Å². The highest BCUT2D eigenvalue weighted by molar-refractivity contribution is 6.30. The van der Waals surface area contributed by atoms with Gasteiger partial charge in [-0.25, -0.2) is 0 Å². The van der Waals surface area contributed by atoms with E-state index < -0.39 is 0 Å². The van der Waals surface area contributed by atoms with Crippen molar-refractivity contribution >= 4 is 11.6 Å². The molecule has 13 heavy (non-hydrogen) atoms. The summed E-state index contributed by atoms with van der Waals surface area (Å²) in [5, 5.41) is 9.79. The Morgan fingerprint density at radius 3 is 2.38 bits per heavy atom. The fourth-order valence-corrected chi connectivity index (χ4v) is 1.92. The minimum atomic E-state index is -0.218. The van der Waals surface area contributed by atoms with Crippen molar-refractivity contribution in [3.63, 3.8) is 0 Å². The maximum absolute atomic E-state index is 9.07. The van der Waals surface area contributed by atoms with Gasteiger partial charge in [-0.1, -0.05) is 30.7 Å². The SMILES string of the molecule is CC1CC1(C#N)c1ccc(Cl)cc1. The van der Waals surface area contributed by atoms with Crippen LogP contribution in [0.25, 0.3) is 0 Å². The Hall–Kier alpha value is -1.00. The van der Waals surface area contributed by atoms with Gasteiger partial charge in [0.1, 0.15) is 0 Å². The van der Waals surface area contributed by atoms with Gasteiger partial charge in [0.05, 0.1) is 11.5 Å². The monoisotopic (exact) mass is 191 g/mol. The fourth-order valence-electron chi connectivity index (χ4n) is 1.79. The number of halogens is 1. The van der Waals surface area contributed by atoms with Crippen molar-refractivity contribution in [1.29, 1.82) is 5.26 Å². The quantitative estimate of drug-likeness (QED) is 0.669. The Kier molecular flexibility index (Phi) is 1.82. The van der Waals surface area contributed by atoms with Gasteiger partial charge in [-0.2, -0.15) is 5.26 Å². The minimum Gasteiger partial charge on any atom is -0.197 e. The normalized spacial score (nSPS) is 31.0. The van der Waals surface area contributed by atoms with E-state index in [0.29, 0.717) is 5.92 Å². The number of rotatable bonds is 1. The number of hydrogen-bond acceptors (Lipinski definition) is 1. The van der Waals surface area contributed by atoms with Crippen LogP contribution in [0, 0.1) is 17.2 Å². The first-order chi connectivity index (χ1) is 6.19. The summed E-state index contributed by atoms with van der Waals surface area (Å²) < 4.78 is 0. The predicted molar refractivity (Wildman–Crippen MR) is 52.5 cm³/mol. The van der Waals surface area contributed by atoms with Gasteiger partial charge in [-0.3, -0.25) is 0 Å². The number of hydrogen-bond donors (Lipinski definition) is 0. The molecule has 0 aliphatic heterocycles. The van der Waals surface area contributed by atoms with Crippen LogP contribution >= 0.6 is 11.6 Å². The van der Waals surface area contributed by atoms with Crippen molar-refractivity contribution < 1.29 is 0 Å². The molecule has 0 saturated heterocycles. The molecule has 0 radical (unpaired) electrons. The van der Waals surface area contributed by atoms with Crippen molar-refractivity contribution in [3.05, 3.63) is 34.9 Å². The summed E-state index contributed by atoms with van der Waals surface area (Å²) in [4.78, 5) is 0. The second-order valence-corrected chi connectivity index (χ2v) is 4.13. The molecule has 0 heterocycles. The van der Waals surface area contributed by atoms with Crippen LogP contribution in [0.5, 0.6) is 0 Å². The van der Waals surface area contributed by atoms with Gasteiger partial charge >= 0.3 is 0 Å². The van der Waals surface area contributed by atoms with Crippen LogP contribution in [0.4, 0.5) is 0 Å². The molecule has 1 aliphatic carbocycles. The number of nitriles is 1. The van der Waals surface area contributed by atoms with Crippen molar-refractivity contribution in [2.75, 3.05) is 0 Å². The van der Waals surface area contributed by atoms with E-state index in [2.05, 4.69) is 13.0 Å². The maximum Gasteiger partial charge on any atom is 0.0851 e. The highest BCUT2D eigenvalue weighted by Crippen LogP contribution is 2.53. The predicted octanol–water partition coefficient (Wildman–Crippen LogP) is 3.14. The smallest absolute Gasteiger partial charge is 0.0851 e. The van der Waals surface area contributed by atoms with Crippen molar-refractivity contribution in [1.82, 2.24) is 0 Å². The highest BCUT2D eigenvalue weighted by atomic mass is 35.5. The zero-order valence-corrected chi connectivity index (χ0v) is 8.17. The van der Waals surface area contributed by atoms with Gasteiger partial charge in [0, 0.05) is 5.02 Å². The fraction of sp³-hybridized carbons (Fsp3) is 0.364. The largest absolute Gasteiger partial charge is 0.197 e. The molecule has 0 amide bonds. The highest BCUT2D eigenvalue weighted by Gasteiger charge is 2.53. The Labute approximate surface area is 82.9 Å². The summed E-state index contributed by atoms with van der Waals surface area (Å²) in [7, 11) is 0. The molecule has 2 heteroatoms. The van der Waals surface area contributed by atoms with Crippen LogP contribution in [0.3, 0.4) is 0 Å². The number of benzene rings is 1. The third-order valence-electron chi connectivity index (χ3n) is 2.87. The van der Waals surface area contributed by atoms with E-state index in [4.69, 9.17) is 16.9 Å². The van der Waals surface area contributed by atoms with E-state index in [1.165, 1.54) is 0 Å². The van der Waals surface area contributed by atoms with Crippen LogP contribution in [0.15, 0.2) is 24.3 Å². The molecule has 1 aromatic rings. The van der Waals surface area contributed by atoms with Crippen molar-refractivity contribution in [2.45, 2.75) is 18.8 Å². The van der Waals surface area contributed by atoms with Gasteiger partial charge in [-0.05, 0) is 30.0 Å². The van der Waals surface area contributed by atoms with Gasteiger partial charge in [0.2, 0.25) is 0 Å². The Morgan fingerprint density at radius 2 is 2.00 bits per heavy atom. The molecule has 2 unspecified atom stereocenters. The second kappa shape index (κ2) is 2.75. The van der Waals surface area contributed by atoms with Gasteiger partial charge in [0.25, 0.3) is 0 Å². The molecule has 66 valence electrons. The first-order valence-electron chi connectivity index (χ1n) is 4.36. The van der Waals surface area contributed by atoms with Crippen molar-refractivity contribution in [2.24, 2.45) is 5.92 Å². The average Bonchev–Trinajstić information content (AvgIpc) is 2.79. The molecule has 0 spiro atoms. The van der Waals surface area contributed by atoms with E-state index in [9.17, 15) is 0 Å². The summed E-state index contributed by atoms with van der Waals surface area (Å²) in [6, 6.07) is 10.00. The third kappa shape index (κ3) is 1.22. The summed E-state index contributed by atoms with van der Waals surface area (Å²) in [6.45, 7) is 2.11. The lowest BCUT2D eigenvalue weighted by molar-refractivity contribution is 0.792. The van der Waals surface area contributed by atoms with Crippen molar-refractivity contribution in [3.8, 4) is 6.07 Å². The van der Waals surface area contributed by atoms with E-state index in [0.717, 1.165) is 17.0 Å². The third-order valence-corrected chi connectivity index (χ3v) is 3.12. The van der Waals surface area contributed by atoms with Gasteiger partial charge in [-0.15, -0.1) is 0 Å². The van der Waals surface area contributed by atoms with E-state index in [-0.39, 0.29) is 5.41 Å². The summed E-state index contributed by atoms with van der Waals surface area (Å²) in [6.07, 6.45) is 0.977. The lowest BCUT2D eigenvalue weighted by Crippen LogP contribution is -2.04. The van der Waals surface area contributed by atoms with Gasteiger partial charge in [0.15, 0.2) is 0 Å². The average molecular weight is 192 g/mol. The first kappa shape index (κ1) is 8.59. The van der Waals surface area contributed by atoms with Crippen LogP contribution in [0.2, 0.25) is 5.02 Å². The maximum atomic E-state index is 9.07. The zero-order chi connectivity index (χ0) is 9.47. The number of nitrogens with zero attached hydrogens (tertiary/aromatic N) is 1. The zero-order valence-electron chi connectivity index (χ0n) is 7.42. The molecular formula is C11H10ClN. The van der Waals surface area contributed by atoms with Crippen LogP contribution in [-0.4, -0.2) is 0 Å². The molecule has 2 rings (SSSR count). The molecule has 1 saturated carbocycles. The van der Waals surface area contributed by atoms with E-state index in [1.54, 1.807) is 0 Å². The summed E-state index contributed by atoms with van der Waals surface area (Å²) in [5.41, 5.74) is 0.886. The molecule has 0 aromatic heterocycles. The molecular weight excluding hydrogens is 182 g/mol.